The number of nitrogens with zero attached hydrogens (tertiary/aromatic N) is 1. The fourth-order valence-corrected chi connectivity index (χ4v) is 2.90. The second-order valence-electron chi connectivity index (χ2n) is 5.16. The molecule has 0 aliphatic rings. The Labute approximate surface area is 119 Å². The number of hydrogen-bond donors (Lipinski definition) is 1. The van der Waals surface area contributed by atoms with Gasteiger partial charge in [-0.05, 0) is 37.1 Å². The van der Waals surface area contributed by atoms with Crippen molar-refractivity contribution >= 4 is 10.9 Å². The number of phenols is 1. The van der Waals surface area contributed by atoms with E-state index >= 15 is 0 Å². The topological polar surface area (TPSA) is 25.2 Å². The van der Waals surface area contributed by atoms with Crippen molar-refractivity contribution in [3.63, 3.8) is 0 Å². The standard InChI is InChI=1S/C18H19NO/c1-3-15-12-16-17(10-7-11-18(16)20)19(15)13(2)14-8-5-4-6-9-14/h4-13,20H,3H2,1-2H3. The van der Waals surface area contributed by atoms with Crippen molar-refractivity contribution in [1.82, 2.24) is 4.57 Å². The molecule has 0 saturated heterocycles. The minimum absolute atomic E-state index is 0.255. The van der Waals surface area contributed by atoms with Crippen LogP contribution in [-0.2, 0) is 6.42 Å². The molecular formula is C18H19NO. The molecule has 3 aromatic rings. The van der Waals surface area contributed by atoms with Crippen LogP contribution in [0.5, 0.6) is 5.75 Å². The van der Waals surface area contributed by atoms with Crippen molar-refractivity contribution in [2.75, 3.05) is 0 Å². The average molecular weight is 265 g/mol. The third kappa shape index (κ3) is 1.97. The summed E-state index contributed by atoms with van der Waals surface area (Å²) in [5.41, 5.74) is 3.62. The molecule has 0 bridgehead atoms. The Morgan fingerprint density at radius 1 is 1.05 bits per heavy atom. The summed E-state index contributed by atoms with van der Waals surface area (Å²) < 4.78 is 2.32. The number of benzene rings is 2. The molecule has 0 fully saturated rings. The molecule has 0 saturated carbocycles. The van der Waals surface area contributed by atoms with Crippen LogP contribution >= 0.6 is 0 Å². The van der Waals surface area contributed by atoms with Gasteiger partial charge in [0.25, 0.3) is 0 Å². The van der Waals surface area contributed by atoms with E-state index in [-0.39, 0.29) is 6.04 Å². The summed E-state index contributed by atoms with van der Waals surface area (Å²) in [5, 5.41) is 11.0. The van der Waals surface area contributed by atoms with Gasteiger partial charge < -0.3 is 9.67 Å². The fourth-order valence-electron chi connectivity index (χ4n) is 2.90. The molecule has 1 aromatic heterocycles. The minimum atomic E-state index is 0.255. The molecule has 102 valence electrons. The average Bonchev–Trinajstić information content (AvgIpc) is 2.87. The van der Waals surface area contributed by atoms with Gasteiger partial charge in [0.2, 0.25) is 0 Å². The minimum Gasteiger partial charge on any atom is -0.507 e. The zero-order chi connectivity index (χ0) is 14.1. The number of rotatable bonds is 3. The molecule has 0 radical (unpaired) electrons. The molecule has 0 amide bonds. The summed E-state index contributed by atoms with van der Waals surface area (Å²) in [6, 6.07) is 18.6. The van der Waals surface area contributed by atoms with Crippen molar-refractivity contribution in [3.8, 4) is 5.75 Å². The summed E-state index contributed by atoms with van der Waals surface area (Å²) in [6.45, 7) is 4.36. The number of aromatic nitrogens is 1. The zero-order valence-corrected chi connectivity index (χ0v) is 11.9. The molecule has 0 spiro atoms. The van der Waals surface area contributed by atoms with Crippen LogP contribution in [0.2, 0.25) is 0 Å². The summed E-state index contributed by atoms with van der Waals surface area (Å²) in [4.78, 5) is 0. The largest absolute Gasteiger partial charge is 0.507 e. The van der Waals surface area contributed by atoms with Crippen LogP contribution in [0, 0.1) is 0 Å². The number of aryl methyl sites for hydroxylation is 1. The molecule has 1 N–H and O–H groups in total. The second-order valence-corrected chi connectivity index (χ2v) is 5.16. The van der Waals surface area contributed by atoms with Crippen molar-refractivity contribution in [3.05, 3.63) is 65.9 Å². The van der Waals surface area contributed by atoms with Crippen LogP contribution in [0.15, 0.2) is 54.6 Å². The van der Waals surface area contributed by atoms with E-state index in [2.05, 4.69) is 54.8 Å². The van der Waals surface area contributed by atoms with Gasteiger partial charge in [-0.15, -0.1) is 0 Å². The first-order valence-electron chi connectivity index (χ1n) is 7.09. The first-order valence-corrected chi connectivity index (χ1v) is 7.09. The summed E-state index contributed by atoms with van der Waals surface area (Å²) in [6.07, 6.45) is 0.950. The van der Waals surface area contributed by atoms with Gasteiger partial charge in [-0.25, -0.2) is 0 Å². The maximum atomic E-state index is 10.0. The van der Waals surface area contributed by atoms with Crippen LogP contribution in [0.3, 0.4) is 0 Å². The highest BCUT2D eigenvalue weighted by Crippen LogP contribution is 2.32. The van der Waals surface area contributed by atoms with Gasteiger partial charge in [-0.1, -0.05) is 43.3 Å². The van der Waals surface area contributed by atoms with E-state index in [4.69, 9.17) is 0 Å². The lowest BCUT2D eigenvalue weighted by Crippen LogP contribution is -2.09. The SMILES string of the molecule is CCc1cc2c(O)cccc2n1C(C)c1ccccc1. The number of hydrogen-bond acceptors (Lipinski definition) is 1. The molecule has 1 unspecified atom stereocenters. The van der Waals surface area contributed by atoms with Crippen LogP contribution in [0.4, 0.5) is 0 Å². The van der Waals surface area contributed by atoms with Gasteiger partial charge in [0.15, 0.2) is 0 Å². The molecule has 2 heteroatoms. The molecule has 0 aliphatic carbocycles. The summed E-state index contributed by atoms with van der Waals surface area (Å²) >= 11 is 0. The van der Waals surface area contributed by atoms with Gasteiger partial charge in [-0.2, -0.15) is 0 Å². The van der Waals surface area contributed by atoms with E-state index in [0.717, 1.165) is 17.3 Å². The Hall–Kier alpha value is -2.22. The lowest BCUT2D eigenvalue weighted by atomic mass is 10.1. The van der Waals surface area contributed by atoms with Gasteiger partial charge in [0.05, 0.1) is 11.6 Å². The first-order chi connectivity index (χ1) is 9.72. The van der Waals surface area contributed by atoms with Gasteiger partial charge in [-0.3, -0.25) is 0 Å². The molecule has 3 rings (SSSR count). The lowest BCUT2D eigenvalue weighted by Gasteiger charge is -2.19. The maximum absolute atomic E-state index is 10.0. The molecule has 2 nitrogen and oxygen atoms in total. The van der Waals surface area contributed by atoms with Crippen LogP contribution in [0.1, 0.15) is 31.1 Å². The van der Waals surface area contributed by atoms with Crippen molar-refractivity contribution < 1.29 is 5.11 Å². The van der Waals surface area contributed by atoms with E-state index in [1.54, 1.807) is 6.07 Å². The highest BCUT2D eigenvalue weighted by atomic mass is 16.3. The number of phenolic OH excluding ortho intramolecular Hbond substituents is 1. The molecule has 0 aliphatic heterocycles. The zero-order valence-electron chi connectivity index (χ0n) is 11.9. The predicted molar refractivity (Wildman–Crippen MR) is 83.2 cm³/mol. The summed E-state index contributed by atoms with van der Waals surface area (Å²) in [5.74, 6) is 0.358. The van der Waals surface area contributed by atoms with Crippen molar-refractivity contribution in [1.29, 1.82) is 0 Å². The second kappa shape index (κ2) is 5.04. The van der Waals surface area contributed by atoms with Gasteiger partial charge >= 0.3 is 0 Å². The molecule has 2 aromatic carbocycles. The van der Waals surface area contributed by atoms with Gasteiger partial charge in [0, 0.05) is 11.1 Å². The Balaban J connectivity index is 2.22. The van der Waals surface area contributed by atoms with E-state index in [9.17, 15) is 5.11 Å². The Kier molecular flexibility index (Phi) is 3.23. The lowest BCUT2D eigenvalue weighted by molar-refractivity contribution is 0.481. The van der Waals surface area contributed by atoms with E-state index in [1.165, 1.54) is 11.3 Å². The normalized spacial score (nSPS) is 12.7. The number of fused-ring (bicyclic) bond motifs is 1. The monoisotopic (exact) mass is 265 g/mol. The van der Waals surface area contributed by atoms with Crippen molar-refractivity contribution in [2.45, 2.75) is 26.3 Å². The third-order valence-electron chi connectivity index (χ3n) is 3.97. The van der Waals surface area contributed by atoms with Crippen LogP contribution < -0.4 is 0 Å². The van der Waals surface area contributed by atoms with Crippen LogP contribution in [0.25, 0.3) is 10.9 Å². The molecule has 20 heavy (non-hydrogen) atoms. The Morgan fingerprint density at radius 3 is 2.50 bits per heavy atom. The fraction of sp³-hybridized carbons (Fsp3) is 0.222. The quantitative estimate of drug-likeness (QED) is 0.740. The van der Waals surface area contributed by atoms with Gasteiger partial charge in [0.1, 0.15) is 5.75 Å². The highest BCUT2D eigenvalue weighted by Gasteiger charge is 2.16. The Bertz CT molecular complexity index is 728. The van der Waals surface area contributed by atoms with E-state index in [0.29, 0.717) is 5.75 Å². The Morgan fingerprint density at radius 2 is 1.80 bits per heavy atom. The third-order valence-corrected chi connectivity index (χ3v) is 3.97. The first kappa shape index (κ1) is 12.8. The maximum Gasteiger partial charge on any atom is 0.124 e. The molecular weight excluding hydrogens is 246 g/mol. The molecule has 1 atom stereocenters. The summed E-state index contributed by atoms with van der Waals surface area (Å²) in [7, 11) is 0. The molecule has 1 heterocycles. The smallest absolute Gasteiger partial charge is 0.124 e. The van der Waals surface area contributed by atoms with E-state index in [1.807, 2.05) is 12.1 Å². The predicted octanol–water partition coefficient (Wildman–Crippen LogP) is 4.52. The van der Waals surface area contributed by atoms with E-state index < -0.39 is 0 Å². The number of aromatic hydroxyl groups is 1. The van der Waals surface area contributed by atoms with Crippen molar-refractivity contribution in [2.24, 2.45) is 0 Å². The van der Waals surface area contributed by atoms with Crippen LogP contribution in [-0.4, -0.2) is 9.67 Å². The highest BCUT2D eigenvalue weighted by molar-refractivity contribution is 5.87.